The van der Waals surface area contributed by atoms with Crippen molar-refractivity contribution in [3.05, 3.63) is 172 Å². The summed E-state index contributed by atoms with van der Waals surface area (Å²) in [6.07, 6.45) is 24.7. The summed E-state index contributed by atoms with van der Waals surface area (Å²) in [5, 5.41) is 0. The highest BCUT2D eigenvalue weighted by Crippen LogP contribution is 2.67. The van der Waals surface area contributed by atoms with Gasteiger partial charge in [0.05, 0.1) is 22.8 Å². The Labute approximate surface area is 491 Å². The third-order valence-electron chi connectivity index (χ3n) is 20.8. The SMILES string of the molecule is Cc1ccc(-c2c3nc(c(-c4ccc(C)cc4)c4ccc([nH]4)c(-c4ccc(OCC(=O)O[C@H]5CC[C@@]6(C)C(=CC[C@H]7[C@@H]8CC[C@H]([C@H](C)CCCC(C)C)[C@@]8(C)CC[C@@H]76)C5)cc4)c4nc(c(-c5ccc(C)cc5)c5ccc2[nH]5)C=C4)C=C3)cc1. The summed E-state index contributed by atoms with van der Waals surface area (Å²) in [6, 6.07) is 42.8. The van der Waals surface area contributed by atoms with Gasteiger partial charge in [-0.05, 0) is 195 Å². The van der Waals surface area contributed by atoms with E-state index >= 15 is 0 Å². The second-order valence-electron chi connectivity index (χ2n) is 26.6. The molecule has 0 saturated heterocycles. The van der Waals surface area contributed by atoms with Crippen LogP contribution in [-0.2, 0) is 9.53 Å². The van der Waals surface area contributed by atoms with E-state index in [2.05, 4.69) is 205 Å². The predicted molar refractivity (Wildman–Crippen MR) is 343 cm³/mol. The lowest BCUT2D eigenvalue weighted by Gasteiger charge is -2.58. The van der Waals surface area contributed by atoms with Crippen LogP contribution in [0.25, 0.3) is 90.9 Å². The van der Waals surface area contributed by atoms with Crippen molar-refractivity contribution in [3.8, 4) is 50.3 Å². The number of rotatable bonds is 13. The highest BCUT2D eigenvalue weighted by atomic mass is 16.6. The molecule has 6 aliphatic rings. The third kappa shape index (κ3) is 10.5. The molecule has 8 bridgehead atoms. The molecule has 5 heterocycles. The molecule has 4 aromatic carbocycles. The average molecular weight is 1100 g/mol. The Morgan fingerprint density at radius 3 is 1.51 bits per heavy atom. The van der Waals surface area contributed by atoms with Gasteiger partial charge < -0.3 is 19.4 Å². The Kier molecular flexibility index (Phi) is 14.7. The monoisotopic (exact) mass is 1100 g/mol. The minimum Gasteiger partial charge on any atom is -0.482 e. The van der Waals surface area contributed by atoms with Crippen molar-refractivity contribution in [2.75, 3.05) is 6.61 Å². The second-order valence-corrected chi connectivity index (χ2v) is 26.6. The maximum atomic E-state index is 13.7. The van der Waals surface area contributed by atoms with E-state index < -0.39 is 0 Å². The summed E-state index contributed by atoms with van der Waals surface area (Å²) in [5.74, 6) is 5.11. The number of ether oxygens (including phenoxy) is 2. The van der Waals surface area contributed by atoms with E-state index in [0.29, 0.717) is 11.2 Å². The number of allylic oxidation sites excluding steroid dienone is 1. The lowest BCUT2D eigenvalue weighted by atomic mass is 9.47. The summed E-state index contributed by atoms with van der Waals surface area (Å²) in [5.41, 5.74) is 21.1. The van der Waals surface area contributed by atoms with Gasteiger partial charge in [-0.3, -0.25) is 0 Å². The maximum absolute atomic E-state index is 13.7. The normalized spacial score (nSPS) is 23.8. The fourth-order valence-electron chi connectivity index (χ4n) is 16.4. The number of aromatic amines is 2. The fourth-order valence-corrected chi connectivity index (χ4v) is 16.4. The Balaban J connectivity index is 0.791. The van der Waals surface area contributed by atoms with Crippen LogP contribution in [0.3, 0.4) is 0 Å². The van der Waals surface area contributed by atoms with E-state index in [1.807, 2.05) is 12.1 Å². The van der Waals surface area contributed by atoms with Gasteiger partial charge in [0.15, 0.2) is 6.61 Å². The molecule has 424 valence electrons. The molecule has 3 fully saturated rings. The van der Waals surface area contributed by atoms with Gasteiger partial charge in [0.1, 0.15) is 11.9 Å². The molecule has 7 heteroatoms. The van der Waals surface area contributed by atoms with Crippen molar-refractivity contribution < 1.29 is 14.3 Å². The summed E-state index contributed by atoms with van der Waals surface area (Å²) in [7, 11) is 0. The molecule has 83 heavy (non-hydrogen) atoms. The van der Waals surface area contributed by atoms with Crippen molar-refractivity contribution >= 4 is 52.3 Å². The number of hydrogen-bond acceptors (Lipinski definition) is 5. The molecule has 0 radical (unpaired) electrons. The molecule has 2 aliphatic heterocycles. The number of nitrogens with zero attached hydrogens (tertiary/aromatic N) is 2. The summed E-state index contributed by atoms with van der Waals surface area (Å²) in [6.45, 7) is 18.8. The van der Waals surface area contributed by atoms with Gasteiger partial charge in [-0.15, -0.1) is 0 Å². The first kappa shape index (κ1) is 54.7. The van der Waals surface area contributed by atoms with Gasteiger partial charge in [-0.1, -0.05) is 167 Å². The summed E-state index contributed by atoms with van der Waals surface area (Å²) < 4.78 is 12.5. The Morgan fingerprint density at radius 2 is 1.04 bits per heavy atom. The first-order chi connectivity index (χ1) is 40.2. The van der Waals surface area contributed by atoms with Gasteiger partial charge in [0.25, 0.3) is 0 Å². The number of benzene rings is 4. The Bertz CT molecular complexity index is 3810. The first-order valence-corrected chi connectivity index (χ1v) is 31.2. The zero-order valence-corrected chi connectivity index (χ0v) is 50.1. The van der Waals surface area contributed by atoms with Crippen LogP contribution in [0, 0.1) is 67.1 Å². The lowest BCUT2D eigenvalue weighted by molar-refractivity contribution is -0.153. The van der Waals surface area contributed by atoms with Crippen LogP contribution in [0.1, 0.15) is 145 Å². The molecule has 3 saturated carbocycles. The summed E-state index contributed by atoms with van der Waals surface area (Å²) in [4.78, 5) is 32.4. The Morgan fingerprint density at radius 1 is 0.566 bits per heavy atom. The van der Waals surface area contributed by atoms with Gasteiger partial charge in [0.2, 0.25) is 0 Å². The van der Waals surface area contributed by atoms with Crippen LogP contribution in [-0.4, -0.2) is 38.6 Å². The molecular formula is C76H82N4O3. The molecule has 2 N–H and O–H groups in total. The molecule has 4 aliphatic carbocycles. The number of nitrogens with one attached hydrogen (secondary N) is 2. The highest BCUT2D eigenvalue weighted by Gasteiger charge is 2.59. The molecule has 0 unspecified atom stereocenters. The van der Waals surface area contributed by atoms with Crippen molar-refractivity contribution in [3.63, 3.8) is 0 Å². The topological polar surface area (TPSA) is 92.9 Å². The van der Waals surface area contributed by atoms with E-state index in [-0.39, 0.29) is 24.1 Å². The molecule has 7 nitrogen and oxygen atoms in total. The third-order valence-corrected chi connectivity index (χ3v) is 20.8. The van der Waals surface area contributed by atoms with Crippen LogP contribution < -0.4 is 4.74 Å². The Hall–Kier alpha value is -7.51. The van der Waals surface area contributed by atoms with Crippen molar-refractivity contribution in [2.45, 2.75) is 132 Å². The van der Waals surface area contributed by atoms with Crippen molar-refractivity contribution in [1.82, 2.24) is 19.9 Å². The first-order valence-electron chi connectivity index (χ1n) is 31.2. The van der Waals surface area contributed by atoms with Crippen molar-refractivity contribution in [2.24, 2.45) is 46.3 Å². The molecule has 3 aromatic heterocycles. The molecular weight excluding hydrogens is 1020 g/mol. The number of hydrogen-bond donors (Lipinski definition) is 2. The zero-order valence-electron chi connectivity index (χ0n) is 50.1. The van der Waals surface area contributed by atoms with Crippen LogP contribution in [0.15, 0.2) is 133 Å². The van der Waals surface area contributed by atoms with E-state index in [4.69, 9.17) is 19.4 Å². The predicted octanol–water partition coefficient (Wildman–Crippen LogP) is 19.6. The molecule has 13 rings (SSSR count). The van der Waals surface area contributed by atoms with Crippen LogP contribution in [0.5, 0.6) is 5.75 Å². The van der Waals surface area contributed by atoms with E-state index in [1.54, 1.807) is 0 Å². The number of aryl methyl sites for hydroxylation is 3. The molecule has 8 atom stereocenters. The van der Waals surface area contributed by atoms with Gasteiger partial charge in [0, 0.05) is 50.7 Å². The largest absolute Gasteiger partial charge is 0.482 e. The summed E-state index contributed by atoms with van der Waals surface area (Å²) >= 11 is 0. The number of aromatic nitrogens is 4. The molecule has 0 spiro atoms. The smallest absolute Gasteiger partial charge is 0.344 e. The minimum absolute atomic E-state index is 0.119. The van der Waals surface area contributed by atoms with E-state index in [9.17, 15) is 4.79 Å². The van der Waals surface area contributed by atoms with E-state index in [0.717, 1.165) is 144 Å². The fraction of sp³-hybridized carbons (Fsp3) is 0.382. The van der Waals surface area contributed by atoms with Gasteiger partial charge >= 0.3 is 5.97 Å². The number of H-pyrrole nitrogens is 2. The quantitative estimate of drug-likeness (QED) is 0.0886. The molecule has 0 amide bonds. The number of esters is 1. The van der Waals surface area contributed by atoms with Crippen molar-refractivity contribution in [1.29, 1.82) is 0 Å². The standard InChI is InChI=1S/C76H82N4O3/c1-46(2)10-9-11-50(6)59-30-31-60-58-29-26-55-44-57(40-42-75(55,7)61(58)41-43-76(59,60)8)83-70(81)45-82-56-27-24-54(25-28-56)74-68-38-36-66(79-68)72(52-20-14-48(4)15-21-52)64-34-32-62(77-64)71(51-18-12-47(3)13-19-51)63-33-35-65(78-63)73(67-37-39-69(74)80-67)53-22-16-49(5)17-23-53/h12-28,32-39,46,50,57-61,77,80H,9-11,29-31,40-45H2,1-8H3/t50-,57+,58+,59-,60+,61+,75+,76-/m1/s1. The molecule has 7 aromatic rings. The highest BCUT2D eigenvalue weighted by molar-refractivity contribution is 6.00. The van der Waals surface area contributed by atoms with Crippen LogP contribution >= 0.6 is 0 Å². The second kappa shape index (κ2) is 22.2. The number of carbonyl (C=O) groups is 1. The lowest BCUT2D eigenvalue weighted by Crippen LogP contribution is -2.51. The minimum atomic E-state index is -0.310. The maximum Gasteiger partial charge on any atom is 0.344 e. The number of carbonyl (C=O) groups excluding carboxylic acids is 1. The average Bonchev–Trinajstić information content (AvgIpc) is 2.26. The zero-order chi connectivity index (χ0) is 57.1. The van der Waals surface area contributed by atoms with Crippen LogP contribution in [0.2, 0.25) is 0 Å². The van der Waals surface area contributed by atoms with Gasteiger partial charge in [-0.25, -0.2) is 14.8 Å². The van der Waals surface area contributed by atoms with Crippen LogP contribution in [0.4, 0.5) is 0 Å². The van der Waals surface area contributed by atoms with Gasteiger partial charge in [-0.2, -0.15) is 0 Å². The van der Waals surface area contributed by atoms with E-state index in [1.165, 1.54) is 73.6 Å². The number of fused-ring (bicyclic) bond motifs is 13.